The van der Waals surface area contributed by atoms with Crippen molar-refractivity contribution in [2.24, 2.45) is 11.1 Å². The molecule has 2 atom stereocenters. The average molecular weight is 531 g/mol. The second-order valence-electron chi connectivity index (χ2n) is 8.48. The van der Waals surface area contributed by atoms with E-state index in [4.69, 9.17) is 26.8 Å². The number of methoxy groups -OCH3 is 1. The Balaban J connectivity index is 1.78. The minimum Gasteiger partial charge on any atom is -0.500 e. The monoisotopic (exact) mass is 529 g/mol. The highest BCUT2D eigenvalue weighted by molar-refractivity contribution is 9.10. The normalized spacial score (nSPS) is 26.2. The Morgan fingerprint density at radius 1 is 1.38 bits per heavy atom. The molecule has 2 unspecified atom stereocenters. The molecule has 0 spiro atoms. The van der Waals surface area contributed by atoms with Gasteiger partial charge in [-0.05, 0) is 92.0 Å². The second-order valence-corrected chi connectivity index (χ2v) is 9.75. The molecule has 6 nitrogen and oxygen atoms in total. The average Bonchev–Trinajstić information content (AvgIpc) is 2.75. The van der Waals surface area contributed by atoms with Crippen LogP contribution in [0.2, 0.25) is 0 Å². The topological polar surface area (TPSA) is 85.6 Å². The zero-order valence-corrected chi connectivity index (χ0v) is 20.7. The molecule has 1 heterocycles. The van der Waals surface area contributed by atoms with E-state index in [1.54, 1.807) is 25.1 Å². The fraction of sp³-hybridized carbons (Fsp3) is 0.522. The molecule has 0 aromatic heterocycles. The van der Waals surface area contributed by atoms with Crippen LogP contribution in [0, 0.1) is 11.2 Å². The van der Waals surface area contributed by atoms with E-state index in [0.717, 1.165) is 25.9 Å². The number of hydrogen-bond donors (Lipinski definition) is 3. The maximum Gasteiger partial charge on any atom is 0.237 e. The van der Waals surface area contributed by atoms with Crippen molar-refractivity contribution in [3.63, 3.8) is 0 Å². The number of halogens is 3. The maximum atomic E-state index is 13.6. The van der Waals surface area contributed by atoms with Crippen LogP contribution in [0.25, 0.3) is 0 Å². The van der Waals surface area contributed by atoms with E-state index in [0.29, 0.717) is 40.5 Å². The molecule has 32 heavy (non-hydrogen) atoms. The highest BCUT2D eigenvalue weighted by Crippen LogP contribution is 2.44. The molecular formula is C23H30BrClFN3O3. The van der Waals surface area contributed by atoms with Gasteiger partial charge in [-0.2, -0.15) is 0 Å². The summed E-state index contributed by atoms with van der Waals surface area (Å²) in [5, 5.41) is 6.87. The molecule has 1 aliphatic heterocycles. The van der Waals surface area contributed by atoms with E-state index in [1.165, 1.54) is 19.2 Å². The van der Waals surface area contributed by atoms with E-state index < -0.39 is 11.0 Å². The summed E-state index contributed by atoms with van der Waals surface area (Å²) >= 11 is 9.82. The number of rotatable bonds is 8. The van der Waals surface area contributed by atoms with Gasteiger partial charge in [0.25, 0.3) is 0 Å². The number of benzene rings is 1. The van der Waals surface area contributed by atoms with Crippen LogP contribution < -0.4 is 21.1 Å². The molecule has 1 fully saturated rings. The lowest BCUT2D eigenvalue weighted by molar-refractivity contribution is -0.130. The molecule has 1 aliphatic carbocycles. The first-order valence-corrected chi connectivity index (χ1v) is 11.9. The summed E-state index contributed by atoms with van der Waals surface area (Å²) in [7, 11) is 1.54. The summed E-state index contributed by atoms with van der Waals surface area (Å²) in [4.78, 5) is 13.6. The quantitative estimate of drug-likeness (QED) is 0.443. The minimum atomic E-state index is -1.08. The number of piperidine rings is 1. The van der Waals surface area contributed by atoms with Crippen molar-refractivity contribution in [1.82, 2.24) is 10.6 Å². The van der Waals surface area contributed by atoms with Crippen molar-refractivity contribution in [2.75, 3.05) is 26.8 Å². The van der Waals surface area contributed by atoms with Crippen molar-refractivity contribution in [3.05, 3.63) is 51.4 Å². The molecule has 3 rings (SSSR count). The number of ether oxygens (including phenoxy) is 2. The van der Waals surface area contributed by atoms with E-state index >= 15 is 0 Å². The smallest absolute Gasteiger partial charge is 0.237 e. The minimum absolute atomic E-state index is 0.0866. The molecular weight excluding hydrogens is 501 g/mol. The molecule has 176 valence electrons. The highest BCUT2D eigenvalue weighted by Gasteiger charge is 2.47. The van der Waals surface area contributed by atoms with Crippen LogP contribution in [0.5, 0.6) is 5.75 Å². The van der Waals surface area contributed by atoms with Crippen LogP contribution in [0.4, 0.5) is 4.39 Å². The lowest BCUT2D eigenvalue weighted by atomic mass is 9.73. The molecule has 1 amide bonds. The fourth-order valence-corrected chi connectivity index (χ4v) is 4.75. The van der Waals surface area contributed by atoms with Crippen LogP contribution in [0.15, 0.2) is 45.6 Å². The van der Waals surface area contributed by atoms with Crippen molar-refractivity contribution < 1.29 is 18.7 Å². The van der Waals surface area contributed by atoms with Gasteiger partial charge >= 0.3 is 0 Å². The van der Waals surface area contributed by atoms with Gasteiger partial charge in [0.1, 0.15) is 22.7 Å². The van der Waals surface area contributed by atoms with Crippen LogP contribution in [-0.4, -0.2) is 44.3 Å². The Labute approximate surface area is 201 Å². The Bertz CT molecular complexity index is 902. The summed E-state index contributed by atoms with van der Waals surface area (Å²) in [5.74, 6) is 0.503. The molecule has 0 bridgehead atoms. The first-order valence-electron chi connectivity index (χ1n) is 10.7. The Morgan fingerprint density at radius 3 is 2.75 bits per heavy atom. The van der Waals surface area contributed by atoms with E-state index in [9.17, 15) is 9.18 Å². The second kappa shape index (κ2) is 10.5. The molecule has 1 aromatic rings. The Kier molecular flexibility index (Phi) is 8.25. The van der Waals surface area contributed by atoms with Gasteiger partial charge in [0.15, 0.2) is 0 Å². The lowest BCUT2D eigenvalue weighted by Crippen LogP contribution is -2.52. The number of nitrogens with two attached hydrogens (primary N) is 1. The molecule has 4 N–H and O–H groups in total. The van der Waals surface area contributed by atoms with Gasteiger partial charge in [-0.1, -0.05) is 11.6 Å². The van der Waals surface area contributed by atoms with E-state index in [-0.39, 0.29) is 17.8 Å². The number of amides is 1. The third-order valence-corrected chi connectivity index (χ3v) is 7.06. The highest BCUT2D eigenvalue weighted by atomic mass is 79.9. The zero-order valence-electron chi connectivity index (χ0n) is 18.3. The van der Waals surface area contributed by atoms with Gasteiger partial charge in [-0.3, -0.25) is 4.79 Å². The van der Waals surface area contributed by atoms with Crippen molar-refractivity contribution in [3.8, 4) is 5.75 Å². The summed E-state index contributed by atoms with van der Waals surface area (Å²) in [5.41, 5.74) is 4.30. The lowest BCUT2D eigenvalue weighted by Gasteiger charge is -2.39. The number of carbonyl (C=O) groups is 1. The summed E-state index contributed by atoms with van der Waals surface area (Å²) < 4.78 is 25.3. The largest absolute Gasteiger partial charge is 0.500 e. The summed E-state index contributed by atoms with van der Waals surface area (Å²) in [6.07, 6.45) is 6.11. The van der Waals surface area contributed by atoms with Crippen molar-refractivity contribution >= 4 is 33.4 Å². The predicted molar refractivity (Wildman–Crippen MR) is 127 cm³/mol. The summed E-state index contributed by atoms with van der Waals surface area (Å²) in [6.45, 7) is 3.83. The molecule has 0 saturated carbocycles. The van der Waals surface area contributed by atoms with Crippen LogP contribution >= 0.6 is 27.5 Å². The van der Waals surface area contributed by atoms with Crippen LogP contribution in [-0.2, 0) is 9.53 Å². The van der Waals surface area contributed by atoms with Gasteiger partial charge in [-0.15, -0.1) is 0 Å². The van der Waals surface area contributed by atoms with E-state index in [1.807, 2.05) is 0 Å². The third kappa shape index (κ3) is 5.65. The summed E-state index contributed by atoms with van der Waals surface area (Å²) in [6, 6.07) is 4.34. The first-order chi connectivity index (χ1) is 15.2. The van der Waals surface area contributed by atoms with Crippen LogP contribution in [0.3, 0.4) is 0 Å². The fourth-order valence-electron chi connectivity index (χ4n) is 4.05. The van der Waals surface area contributed by atoms with Gasteiger partial charge in [-0.25, -0.2) is 4.39 Å². The van der Waals surface area contributed by atoms with Gasteiger partial charge < -0.3 is 25.8 Å². The number of nitrogens with one attached hydrogen (secondary N) is 2. The van der Waals surface area contributed by atoms with Gasteiger partial charge in [0.2, 0.25) is 5.91 Å². The molecule has 9 heteroatoms. The maximum absolute atomic E-state index is 13.6. The Morgan fingerprint density at radius 2 is 2.09 bits per heavy atom. The predicted octanol–water partition coefficient (Wildman–Crippen LogP) is 3.99. The van der Waals surface area contributed by atoms with Gasteiger partial charge in [0, 0.05) is 11.1 Å². The third-order valence-electron chi connectivity index (χ3n) is 5.92. The standard InChI is InChI=1S/C23H30BrClFN3O3/c1-22(27)14-20(31-2)23(13-19(22)25,21(30)29-16-6-9-28-10-7-16)8-3-11-32-18-5-4-15(26)12-17(18)24/h4-5,12-14,16,28H,3,6-11,27H2,1-2H3,(H,29,30). The SMILES string of the molecule is COC1=CC(C)(N)C(Cl)=CC1(CCCOc1ccc(F)cc1Br)C(=O)NC1CCNCC1. The van der Waals surface area contributed by atoms with Gasteiger partial charge in [0.05, 0.1) is 23.7 Å². The Hall–Kier alpha value is -1.61. The molecule has 2 aliphatic rings. The number of hydrogen-bond acceptors (Lipinski definition) is 5. The van der Waals surface area contributed by atoms with Crippen LogP contribution in [0.1, 0.15) is 32.6 Å². The number of carbonyl (C=O) groups excluding carboxylic acids is 1. The molecule has 0 radical (unpaired) electrons. The molecule has 1 aromatic carbocycles. The van der Waals surface area contributed by atoms with Crippen molar-refractivity contribution in [2.45, 2.75) is 44.2 Å². The molecule has 1 saturated heterocycles. The van der Waals surface area contributed by atoms with E-state index in [2.05, 4.69) is 26.6 Å². The first kappa shape index (κ1) is 25.0. The van der Waals surface area contributed by atoms with Crippen molar-refractivity contribution in [1.29, 1.82) is 0 Å². The zero-order chi connectivity index (χ0) is 23.4.